The van der Waals surface area contributed by atoms with Gasteiger partial charge < -0.3 is 21.3 Å². The number of nitrogens with two attached hydrogens (primary N) is 1. The third-order valence-corrected chi connectivity index (χ3v) is 4.21. The van der Waals surface area contributed by atoms with Gasteiger partial charge in [-0.2, -0.15) is 5.10 Å². The minimum atomic E-state index is -0.584. The second-order valence-electron chi connectivity index (χ2n) is 6.40. The lowest BCUT2D eigenvalue weighted by molar-refractivity contribution is -0.134. The van der Waals surface area contributed by atoms with Crippen LogP contribution in [-0.2, 0) is 9.59 Å². The fraction of sp³-hybridized carbons (Fsp3) is 0.625. The van der Waals surface area contributed by atoms with Crippen LogP contribution in [-0.4, -0.2) is 58.6 Å². The number of nitrogens with one attached hydrogen (secondary N) is 2. The zero-order valence-electron chi connectivity index (χ0n) is 15.1. The Balaban J connectivity index is 0.00000312. The minimum Gasteiger partial charge on any atom is -0.366 e. The van der Waals surface area contributed by atoms with Crippen molar-refractivity contribution in [2.45, 2.75) is 38.8 Å². The Morgan fingerprint density at radius 2 is 1.96 bits per heavy atom. The van der Waals surface area contributed by atoms with Crippen molar-refractivity contribution in [2.24, 2.45) is 11.7 Å². The molecule has 0 aliphatic carbocycles. The molecule has 10 heteroatoms. The molecule has 8 nitrogen and oxygen atoms in total. The molecule has 2 heterocycles. The van der Waals surface area contributed by atoms with Crippen LogP contribution in [0, 0.1) is 5.92 Å². The predicted octanol–water partition coefficient (Wildman–Crippen LogP) is 0.823. The summed E-state index contributed by atoms with van der Waals surface area (Å²) >= 11 is 0. The molecule has 148 valence electrons. The first kappa shape index (κ1) is 24.4. The quantitative estimate of drug-likeness (QED) is 0.644. The monoisotopic (exact) mass is 406 g/mol. The van der Waals surface area contributed by atoms with E-state index in [4.69, 9.17) is 5.73 Å². The number of piperidine rings is 1. The van der Waals surface area contributed by atoms with Gasteiger partial charge in [-0.3, -0.25) is 9.59 Å². The maximum Gasteiger partial charge on any atom is 0.241 e. The highest BCUT2D eigenvalue weighted by Gasteiger charge is 2.24. The summed E-state index contributed by atoms with van der Waals surface area (Å²) in [5, 5.41) is 13.8. The number of carbonyl (C=O) groups is 2. The number of likely N-dealkylation sites (tertiary alicyclic amines) is 1. The van der Waals surface area contributed by atoms with Crippen LogP contribution in [0.4, 0.5) is 5.82 Å². The van der Waals surface area contributed by atoms with Gasteiger partial charge in [0.25, 0.3) is 0 Å². The number of rotatable bonds is 6. The summed E-state index contributed by atoms with van der Waals surface area (Å²) in [6.07, 6.45) is 3.30. The van der Waals surface area contributed by atoms with Crippen molar-refractivity contribution in [3.05, 3.63) is 18.3 Å². The van der Waals surface area contributed by atoms with Crippen molar-refractivity contribution in [3.63, 3.8) is 0 Å². The molecular weight excluding hydrogens is 379 g/mol. The third-order valence-electron chi connectivity index (χ3n) is 4.21. The van der Waals surface area contributed by atoms with Crippen LogP contribution in [0.1, 0.15) is 26.7 Å². The van der Waals surface area contributed by atoms with Gasteiger partial charge in [0.2, 0.25) is 11.8 Å². The lowest BCUT2D eigenvalue weighted by atomic mass is 10.0. The van der Waals surface area contributed by atoms with Gasteiger partial charge in [-0.25, -0.2) is 0 Å². The summed E-state index contributed by atoms with van der Waals surface area (Å²) in [5.41, 5.74) is 5.76. The van der Waals surface area contributed by atoms with E-state index < -0.39 is 6.04 Å². The van der Waals surface area contributed by atoms with Gasteiger partial charge in [-0.05, 0) is 30.9 Å². The van der Waals surface area contributed by atoms with E-state index in [1.54, 1.807) is 11.1 Å². The first-order valence-corrected chi connectivity index (χ1v) is 8.32. The number of halogens is 2. The van der Waals surface area contributed by atoms with Crippen molar-refractivity contribution in [1.82, 2.24) is 20.4 Å². The molecule has 1 aromatic heterocycles. The summed E-state index contributed by atoms with van der Waals surface area (Å²) in [5.74, 6) is 0.440. The summed E-state index contributed by atoms with van der Waals surface area (Å²) in [7, 11) is 0. The van der Waals surface area contributed by atoms with Crippen LogP contribution >= 0.6 is 24.8 Å². The van der Waals surface area contributed by atoms with E-state index in [1.165, 1.54) is 0 Å². The van der Waals surface area contributed by atoms with Crippen LogP contribution in [0.25, 0.3) is 0 Å². The predicted molar refractivity (Wildman–Crippen MR) is 106 cm³/mol. The van der Waals surface area contributed by atoms with Crippen LogP contribution in [0.2, 0.25) is 0 Å². The van der Waals surface area contributed by atoms with E-state index >= 15 is 0 Å². The second-order valence-corrected chi connectivity index (χ2v) is 6.40. The van der Waals surface area contributed by atoms with Crippen LogP contribution < -0.4 is 16.4 Å². The van der Waals surface area contributed by atoms with Crippen molar-refractivity contribution >= 4 is 42.4 Å². The molecule has 26 heavy (non-hydrogen) atoms. The normalized spacial score (nSPS) is 15.5. The number of hydrogen-bond acceptors (Lipinski definition) is 6. The second kappa shape index (κ2) is 11.9. The molecule has 1 aliphatic rings. The van der Waals surface area contributed by atoms with Gasteiger partial charge in [0.15, 0.2) is 0 Å². The minimum absolute atomic E-state index is 0. The highest BCUT2D eigenvalue weighted by atomic mass is 35.5. The zero-order valence-corrected chi connectivity index (χ0v) is 16.7. The highest BCUT2D eigenvalue weighted by Crippen LogP contribution is 2.14. The molecule has 1 saturated heterocycles. The van der Waals surface area contributed by atoms with Crippen LogP contribution in [0.15, 0.2) is 18.3 Å². The van der Waals surface area contributed by atoms with Crippen LogP contribution in [0.5, 0.6) is 0 Å². The van der Waals surface area contributed by atoms with Crippen molar-refractivity contribution in [3.8, 4) is 0 Å². The number of hydrogen-bond donors (Lipinski definition) is 3. The molecule has 0 radical (unpaired) electrons. The molecule has 2 amide bonds. The Morgan fingerprint density at radius 3 is 2.50 bits per heavy atom. The van der Waals surface area contributed by atoms with Gasteiger partial charge in [0.1, 0.15) is 5.82 Å². The van der Waals surface area contributed by atoms with Crippen molar-refractivity contribution in [1.29, 1.82) is 0 Å². The molecule has 0 aromatic carbocycles. The Hall–Kier alpha value is -1.64. The molecule has 0 unspecified atom stereocenters. The molecule has 1 aliphatic heterocycles. The maximum atomic E-state index is 12.2. The number of amides is 2. The average Bonchev–Trinajstić information content (AvgIpc) is 2.60. The largest absolute Gasteiger partial charge is 0.366 e. The topological polar surface area (TPSA) is 113 Å². The zero-order chi connectivity index (χ0) is 17.5. The SMILES string of the molecule is CC(C)[C@H](N)C(=O)NCC(=O)N1CCC(Nc2cccnn2)CC1.Cl.Cl. The molecule has 4 N–H and O–H groups in total. The highest BCUT2D eigenvalue weighted by molar-refractivity contribution is 5.87. The Labute approximate surface area is 166 Å². The molecule has 2 rings (SSSR count). The van der Waals surface area contributed by atoms with E-state index in [9.17, 15) is 9.59 Å². The maximum absolute atomic E-state index is 12.2. The number of nitrogens with zero attached hydrogens (tertiary/aromatic N) is 3. The fourth-order valence-electron chi connectivity index (χ4n) is 2.56. The van der Waals surface area contributed by atoms with Gasteiger partial charge in [-0.1, -0.05) is 13.8 Å². The standard InChI is InChI=1S/C16H26N6O2.2ClH/c1-11(2)15(17)16(24)18-10-14(23)22-8-5-12(6-9-22)20-13-4-3-7-19-21-13;;/h3-4,7,11-12,15H,5-6,8-10,17H2,1-2H3,(H,18,24)(H,20,21);2*1H/t15-;;/m0../s1. The van der Waals surface area contributed by atoms with Gasteiger partial charge >= 0.3 is 0 Å². The Kier molecular flexibility index (Phi) is 11.1. The summed E-state index contributed by atoms with van der Waals surface area (Å²) in [4.78, 5) is 25.8. The van der Waals surface area contributed by atoms with Crippen molar-refractivity contribution in [2.75, 3.05) is 25.0 Å². The Morgan fingerprint density at radius 1 is 1.31 bits per heavy atom. The van der Waals surface area contributed by atoms with E-state index in [2.05, 4.69) is 20.8 Å². The summed E-state index contributed by atoms with van der Waals surface area (Å²) in [6, 6.07) is 3.39. The van der Waals surface area contributed by atoms with Gasteiger partial charge in [0.05, 0.1) is 12.6 Å². The average molecular weight is 407 g/mol. The lowest BCUT2D eigenvalue weighted by Crippen LogP contribution is -2.50. The van der Waals surface area contributed by atoms with Crippen LogP contribution in [0.3, 0.4) is 0 Å². The first-order valence-electron chi connectivity index (χ1n) is 8.32. The summed E-state index contributed by atoms with van der Waals surface area (Å²) < 4.78 is 0. The van der Waals surface area contributed by atoms with Gasteiger partial charge in [-0.15, -0.1) is 29.9 Å². The third kappa shape index (κ3) is 7.31. The molecule has 0 bridgehead atoms. The molecule has 0 spiro atoms. The smallest absolute Gasteiger partial charge is 0.241 e. The molecule has 1 aromatic rings. The molecule has 0 saturated carbocycles. The van der Waals surface area contributed by atoms with E-state index in [1.807, 2.05) is 26.0 Å². The molecule has 1 fully saturated rings. The van der Waals surface area contributed by atoms with E-state index in [0.29, 0.717) is 13.1 Å². The number of carbonyl (C=O) groups excluding carboxylic acids is 2. The Bertz CT molecular complexity index is 553. The lowest BCUT2D eigenvalue weighted by Gasteiger charge is -2.32. The van der Waals surface area contributed by atoms with E-state index in [-0.39, 0.29) is 55.1 Å². The first-order chi connectivity index (χ1) is 11.5. The number of anilines is 1. The molecular formula is C16H28Cl2N6O2. The summed E-state index contributed by atoms with van der Waals surface area (Å²) in [6.45, 7) is 5.06. The number of aromatic nitrogens is 2. The molecule has 1 atom stereocenters. The fourth-order valence-corrected chi connectivity index (χ4v) is 2.56. The van der Waals surface area contributed by atoms with Gasteiger partial charge in [0, 0.05) is 25.3 Å². The van der Waals surface area contributed by atoms with E-state index in [0.717, 1.165) is 18.7 Å². The van der Waals surface area contributed by atoms with Crippen molar-refractivity contribution < 1.29 is 9.59 Å².